The van der Waals surface area contributed by atoms with Crippen molar-refractivity contribution >= 4 is 5.69 Å². The third-order valence-corrected chi connectivity index (χ3v) is 3.16. The van der Waals surface area contributed by atoms with Crippen LogP contribution < -0.4 is 10.1 Å². The number of hydrogen-bond donors (Lipinski definition) is 1. The van der Waals surface area contributed by atoms with E-state index in [4.69, 9.17) is 4.74 Å². The van der Waals surface area contributed by atoms with Crippen molar-refractivity contribution in [3.8, 4) is 5.75 Å². The van der Waals surface area contributed by atoms with Gasteiger partial charge in [-0.2, -0.15) is 0 Å². The normalized spacial score (nSPS) is 12.2. The molecule has 1 N–H and O–H groups in total. The Balaban J connectivity index is 2.74. The number of rotatable bonds is 8. The third kappa shape index (κ3) is 4.52. The van der Waals surface area contributed by atoms with Crippen molar-refractivity contribution < 1.29 is 9.66 Å². The molecule has 0 fully saturated rings. The van der Waals surface area contributed by atoms with Gasteiger partial charge in [0.1, 0.15) is 0 Å². The van der Waals surface area contributed by atoms with Gasteiger partial charge in [-0.25, -0.2) is 0 Å². The quantitative estimate of drug-likeness (QED) is 0.579. The average molecular weight is 266 g/mol. The number of hydrogen-bond acceptors (Lipinski definition) is 4. The number of methoxy groups -OCH3 is 1. The van der Waals surface area contributed by atoms with Crippen LogP contribution in [0.2, 0.25) is 0 Å². The van der Waals surface area contributed by atoms with Gasteiger partial charge in [0.2, 0.25) is 0 Å². The van der Waals surface area contributed by atoms with Gasteiger partial charge in [0.15, 0.2) is 5.75 Å². The fourth-order valence-corrected chi connectivity index (χ4v) is 2.05. The maximum atomic E-state index is 10.9. The Hall–Kier alpha value is -1.62. The summed E-state index contributed by atoms with van der Waals surface area (Å²) in [6.07, 6.45) is 3.31. The molecule has 1 unspecified atom stereocenters. The number of nitro benzene ring substituents is 1. The number of benzene rings is 1. The molecule has 0 aromatic heterocycles. The van der Waals surface area contributed by atoms with Crippen molar-refractivity contribution in [1.29, 1.82) is 0 Å². The van der Waals surface area contributed by atoms with Crippen LogP contribution in [-0.4, -0.2) is 18.1 Å². The van der Waals surface area contributed by atoms with Crippen molar-refractivity contribution in [3.63, 3.8) is 0 Å². The molecule has 1 rings (SSSR count). The maximum Gasteiger partial charge on any atom is 0.311 e. The van der Waals surface area contributed by atoms with E-state index in [0.29, 0.717) is 18.3 Å². The molecule has 19 heavy (non-hydrogen) atoms. The van der Waals surface area contributed by atoms with E-state index in [9.17, 15) is 10.1 Å². The fourth-order valence-electron chi connectivity index (χ4n) is 2.05. The Morgan fingerprint density at radius 2 is 2.16 bits per heavy atom. The molecule has 0 heterocycles. The van der Waals surface area contributed by atoms with Gasteiger partial charge >= 0.3 is 5.69 Å². The van der Waals surface area contributed by atoms with Crippen molar-refractivity contribution in [2.45, 2.75) is 45.7 Å². The Morgan fingerprint density at radius 3 is 2.68 bits per heavy atom. The smallest absolute Gasteiger partial charge is 0.311 e. The molecule has 0 radical (unpaired) electrons. The molecule has 0 saturated carbocycles. The fraction of sp³-hybridized carbons (Fsp3) is 0.571. The molecule has 0 spiro atoms. The van der Waals surface area contributed by atoms with Crippen LogP contribution in [0.3, 0.4) is 0 Å². The van der Waals surface area contributed by atoms with E-state index in [1.807, 2.05) is 6.07 Å². The van der Waals surface area contributed by atoms with E-state index in [1.165, 1.54) is 7.11 Å². The molecule has 0 saturated heterocycles. The highest BCUT2D eigenvalue weighted by Crippen LogP contribution is 2.27. The van der Waals surface area contributed by atoms with E-state index in [0.717, 1.165) is 24.8 Å². The summed E-state index contributed by atoms with van der Waals surface area (Å²) < 4.78 is 4.98. The highest BCUT2D eigenvalue weighted by molar-refractivity contribution is 5.48. The molecule has 0 aliphatic carbocycles. The van der Waals surface area contributed by atoms with Crippen LogP contribution in [0, 0.1) is 10.1 Å². The van der Waals surface area contributed by atoms with Gasteiger partial charge in [-0.15, -0.1) is 0 Å². The van der Waals surface area contributed by atoms with Crippen LogP contribution in [0.4, 0.5) is 5.69 Å². The van der Waals surface area contributed by atoms with E-state index in [1.54, 1.807) is 12.1 Å². The topological polar surface area (TPSA) is 64.4 Å². The number of nitro groups is 1. The third-order valence-electron chi connectivity index (χ3n) is 3.16. The van der Waals surface area contributed by atoms with Crippen LogP contribution in [-0.2, 0) is 6.54 Å². The summed E-state index contributed by atoms with van der Waals surface area (Å²) in [7, 11) is 1.44. The molecule has 0 bridgehead atoms. The van der Waals surface area contributed by atoms with Crippen molar-refractivity contribution in [3.05, 3.63) is 33.9 Å². The van der Waals surface area contributed by atoms with Crippen molar-refractivity contribution in [2.75, 3.05) is 7.11 Å². The largest absolute Gasteiger partial charge is 0.490 e. The summed E-state index contributed by atoms with van der Waals surface area (Å²) in [4.78, 5) is 10.5. The predicted molar refractivity (Wildman–Crippen MR) is 75.5 cm³/mol. The first-order chi connectivity index (χ1) is 9.12. The second-order valence-electron chi connectivity index (χ2n) is 4.54. The van der Waals surface area contributed by atoms with Gasteiger partial charge in [0, 0.05) is 18.7 Å². The molecule has 106 valence electrons. The molecule has 1 aromatic rings. The van der Waals surface area contributed by atoms with Gasteiger partial charge in [0.05, 0.1) is 12.0 Å². The second-order valence-corrected chi connectivity index (χ2v) is 4.54. The van der Waals surface area contributed by atoms with Gasteiger partial charge in [-0.05, 0) is 24.5 Å². The summed E-state index contributed by atoms with van der Waals surface area (Å²) in [6, 6.07) is 5.55. The highest BCUT2D eigenvalue weighted by Gasteiger charge is 2.15. The van der Waals surface area contributed by atoms with Crippen LogP contribution >= 0.6 is 0 Å². The minimum Gasteiger partial charge on any atom is -0.490 e. The Bertz CT molecular complexity index is 421. The maximum absolute atomic E-state index is 10.9. The zero-order valence-corrected chi connectivity index (χ0v) is 11.8. The van der Waals surface area contributed by atoms with E-state index in [2.05, 4.69) is 19.2 Å². The molecule has 5 nitrogen and oxygen atoms in total. The van der Waals surface area contributed by atoms with Crippen LogP contribution in [0.5, 0.6) is 5.75 Å². The molecule has 0 amide bonds. The van der Waals surface area contributed by atoms with E-state index in [-0.39, 0.29) is 5.69 Å². The lowest BCUT2D eigenvalue weighted by molar-refractivity contribution is -0.385. The van der Waals surface area contributed by atoms with Gasteiger partial charge in [0.25, 0.3) is 0 Å². The first-order valence-electron chi connectivity index (χ1n) is 6.67. The second kappa shape index (κ2) is 7.74. The Kier molecular flexibility index (Phi) is 6.29. The zero-order chi connectivity index (χ0) is 14.3. The molecule has 1 aromatic carbocycles. The standard InChI is InChI=1S/C14H22N2O3/c1-4-6-12(5-2)15-10-11-7-8-14(19-3)13(9-11)16(17)18/h7-9,12,15H,4-6,10H2,1-3H3. The van der Waals surface area contributed by atoms with E-state index >= 15 is 0 Å². The zero-order valence-electron chi connectivity index (χ0n) is 11.8. The molecule has 0 aliphatic heterocycles. The van der Waals surface area contributed by atoms with E-state index < -0.39 is 4.92 Å². The van der Waals surface area contributed by atoms with Crippen molar-refractivity contribution in [1.82, 2.24) is 5.32 Å². The Morgan fingerprint density at radius 1 is 1.42 bits per heavy atom. The first-order valence-corrected chi connectivity index (χ1v) is 6.67. The monoisotopic (exact) mass is 266 g/mol. The lowest BCUT2D eigenvalue weighted by atomic mass is 10.1. The lowest BCUT2D eigenvalue weighted by Gasteiger charge is -2.16. The van der Waals surface area contributed by atoms with Gasteiger partial charge in [-0.3, -0.25) is 10.1 Å². The van der Waals surface area contributed by atoms with Gasteiger partial charge < -0.3 is 10.1 Å². The van der Waals surface area contributed by atoms with Crippen LogP contribution in [0.25, 0.3) is 0 Å². The number of nitrogens with one attached hydrogen (secondary N) is 1. The average Bonchev–Trinajstić information content (AvgIpc) is 2.43. The number of nitrogens with zero attached hydrogens (tertiary/aromatic N) is 1. The minimum atomic E-state index is -0.411. The molecular weight excluding hydrogens is 244 g/mol. The SMILES string of the molecule is CCCC(CC)NCc1ccc(OC)c([N+](=O)[O-])c1. The number of ether oxygens (including phenoxy) is 1. The predicted octanol–water partition coefficient (Wildman–Crippen LogP) is 3.27. The summed E-state index contributed by atoms with van der Waals surface area (Å²) in [5.74, 6) is 0.300. The molecule has 5 heteroatoms. The summed E-state index contributed by atoms with van der Waals surface area (Å²) in [5.41, 5.74) is 0.924. The Labute approximate surface area is 114 Å². The lowest BCUT2D eigenvalue weighted by Crippen LogP contribution is -2.27. The molecule has 0 aliphatic rings. The molecule has 1 atom stereocenters. The summed E-state index contributed by atoms with van der Waals surface area (Å²) in [6.45, 7) is 4.94. The molecular formula is C14H22N2O3. The van der Waals surface area contributed by atoms with Crippen LogP contribution in [0.1, 0.15) is 38.7 Å². The summed E-state index contributed by atoms with van der Waals surface area (Å²) >= 11 is 0. The van der Waals surface area contributed by atoms with Gasteiger partial charge in [-0.1, -0.05) is 26.3 Å². The van der Waals surface area contributed by atoms with Crippen molar-refractivity contribution in [2.24, 2.45) is 0 Å². The minimum absolute atomic E-state index is 0.0188. The summed E-state index contributed by atoms with van der Waals surface area (Å²) in [5, 5.41) is 14.4. The first kappa shape index (κ1) is 15.4. The van der Waals surface area contributed by atoms with Crippen LogP contribution in [0.15, 0.2) is 18.2 Å². The highest BCUT2D eigenvalue weighted by atomic mass is 16.6.